The van der Waals surface area contributed by atoms with Crippen molar-refractivity contribution in [2.45, 2.75) is 17.4 Å². The van der Waals surface area contributed by atoms with Gasteiger partial charge in [-0.2, -0.15) is 4.31 Å². The smallest absolute Gasteiger partial charge is 0.331 e. The minimum Gasteiger partial charge on any atom is -0.452 e. The molecule has 12 heteroatoms. The molecule has 3 rings (SSSR count). The number of likely N-dealkylation sites (N-methyl/N-ethyl adjacent to an activating group) is 1. The normalized spacial score (nSPS) is 21.5. The fourth-order valence-corrected chi connectivity index (χ4v) is 6.60. The van der Waals surface area contributed by atoms with Crippen LogP contribution in [-0.2, 0) is 38.9 Å². The van der Waals surface area contributed by atoms with E-state index in [1.807, 2.05) is 0 Å². The molecule has 0 radical (unpaired) electrons. The molecule has 0 spiro atoms. The maximum absolute atomic E-state index is 12.6. The predicted molar refractivity (Wildman–Crippen MR) is 116 cm³/mol. The van der Waals surface area contributed by atoms with Gasteiger partial charge in [-0.25, -0.2) is 21.6 Å². The first kappa shape index (κ1) is 24.4. The second kappa shape index (κ2) is 10.1. The van der Waals surface area contributed by atoms with Crippen LogP contribution in [-0.4, -0.2) is 95.4 Å². The summed E-state index contributed by atoms with van der Waals surface area (Å²) in [5, 5.41) is 0. The number of esters is 1. The van der Waals surface area contributed by atoms with Crippen LogP contribution in [0.4, 0.5) is 0 Å². The number of sulfonamides is 1. The zero-order chi connectivity index (χ0) is 23.4. The number of hydrogen-bond donors (Lipinski definition) is 0. The van der Waals surface area contributed by atoms with E-state index in [1.165, 1.54) is 34.5 Å². The molecule has 1 aromatic carbocycles. The molecule has 2 heterocycles. The molecule has 2 fully saturated rings. The first-order valence-electron chi connectivity index (χ1n) is 10.1. The van der Waals surface area contributed by atoms with E-state index in [1.54, 1.807) is 12.1 Å². The van der Waals surface area contributed by atoms with Gasteiger partial charge in [0.05, 0.1) is 29.6 Å². The lowest BCUT2D eigenvalue weighted by Gasteiger charge is -2.26. The van der Waals surface area contributed by atoms with Gasteiger partial charge in [-0.15, -0.1) is 0 Å². The quantitative estimate of drug-likeness (QED) is 0.386. The lowest BCUT2D eigenvalue weighted by molar-refractivity contribution is -0.148. The topological polar surface area (TPSA) is 127 Å². The van der Waals surface area contributed by atoms with E-state index < -0.39 is 44.4 Å². The van der Waals surface area contributed by atoms with E-state index in [0.717, 1.165) is 6.08 Å². The molecule has 2 saturated heterocycles. The van der Waals surface area contributed by atoms with Crippen LogP contribution in [0.3, 0.4) is 0 Å². The van der Waals surface area contributed by atoms with Crippen molar-refractivity contribution in [2.75, 3.05) is 51.5 Å². The zero-order valence-electron chi connectivity index (χ0n) is 17.7. The Hall–Kier alpha value is -2.28. The highest BCUT2D eigenvalue weighted by Gasteiger charge is 2.33. The molecule has 1 aromatic rings. The molecule has 0 aliphatic carbocycles. The van der Waals surface area contributed by atoms with Crippen LogP contribution in [0, 0.1) is 0 Å². The van der Waals surface area contributed by atoms with Gasteiger partial charge in [-0.05, 0) is 30.2 Å². The molecule has 10 nitrogen and oxygen atoms in total. The number of carbonyl (C=O) groups is 2. The number of carbonyl (C=O) groups excluding carboxylic acids is 2. The summed E-state index contributed by atoms with van der Waals surface area (Å²) >= 11 is 0. The van der Waals surface area contributed by atoms with Gasteiger partial charge in [-0.3, -0.25) is 4.79 Å². The van der Waals surface area contributed by atoms with E-state index in [4.69, 9.17) is 9.47 Å². The van der Waals surface area contributed by atoms with Crippen molar-refractivity contribution in [3.63, 3.8) is 0 Å². The monoisotopic (exact) mass is 486 g/mol. The van der Waals surface area contributed by atoms with E-state index in [0.29, 0.717) is 38.3 Å². The maximum Gasteiger partial charge on any atom is 0.331 e. The molecule has 2 aliphatic rings. The van der Waals surface area contributed by atoms with Crippen molar-refractivity contribution < 1.29 is 35.9 Å². The number of ether oxygens (including phenoxy) is 2. The standard InChI is InChI=1S/C20H26N2O8S2/c1-21(17-8-13-31(25,26)15-17)19(23)14-30-20(24)7-4-16-2-5-18(6-3-16)32(27,28)22-9-11-29-12-10-22/h2-7,17H,8-15H2,1H3/b7-4+. The lowest BCUT2D eigenvalue weighted by atomic mass is 10.2. The Kier molecular flexibility index (Phi) is 7.70. The largest absolute Gasteiger partial charge is 0.452 e. The fourth-order valence-electron chi connectivity index (χ4n) is 3.42. The van der Waals surface area contributed by atoms with E-state index in [2.05, 4.69) is 0 Å². The van der Waals surface area contributed by atoms with Gasteiger partial charge in [0, 0.05) is 32.3 Å². The summed E-state index contributed by atoms with van der Waals surface area (Å²) in [5.41, 5.74) is 0.586. The van der Waals surface area contributed by atoms with Crippen LogP contribution < -0.4 is 0 Å². The predicted octanol–water partition coefficient (Wildman–Crippen LogP) is -0.0906. The second-order valence-electron chi connectivity index (χ2n) is 7.59. The first-order valence-corrected chi connectivity index (χ1v) is 13.3. The van der Waals surface area contributed by atoms with Gasteiger partial charge < -0.3 is 14.4 Å². The SMILES string of the molecule is CN(C(=O)COC(=O)/C=C/c1ccc(S(=O)(=O)N2CCOCC2)cc1)C1CCS(=O)(=O)C1. The average molecular weight is 487 g/mol. The number of hydrogen-bond acceptors (Lipinski definition) is 8. The molecule has 0 saturated carbocycles. The summed E-state index contributed by atoms with van der Waals surface area (Å²) in [7, 11) is -5.23. The molecule has 0 bridgehead atoms. The molecule has 1 amide bonds. The summed E-state index contributed by atoms with van der Waals surface area (Å²) in [5.74, 6) is -1.26. The van der Waals surface area contributed by atoms with E-state index in [9.17, 15) is 26.4 Å². The minimum atomic E-state index is -3.59. The molecule has 1 unspecified atom stereocenters. The summed E-state index contributed by atoms with van der Waals surface area (Å²) in [4.78, 5) is 25.5. The molecule has 176 valence electrons. The van der Waals surface area contributed by atoms with E-state index >= 15 is 0 Å². The Morgan fingerprint density at radius 3 is 2.47 bits per heavy atom. The third-order valence-corrected chi connectivity index (χ3v) is 9.05. The highest BCUT2D eigenvalue weighted by Crippen LogP contribution is 2.18. The Bertz CT molecular complexity index is 1080. The Morgan fingerprint density at radius 1 is 1.22 bits per heavy atom. The fraction of sp³-hybridized carbons (Fsp3) is 0.500. The Morgan fingerprint density at radius 2 is 1.88 bits per heavy atom. The summed E-state index contributed by atoms with van der Waals surface area (Å²) < 4.78 is 59.8. The third-order valence-electron chi connectivity index (χ3n) is 5.39. The molecular formula is C20H26N2O8S2. The number of benzene rings is 1. The molecule has 0 aromatic heterocycles. The van der Waals surface area contributed by atoms with Crippen LogP contribution in [0.5, 0.6) is 0 Å². The maximum atomic E-state index is 12.6. The molecule has 0 N–H and O–H groups in total. The zero-order valence-corrected chi connectivity index (χ0v) is 19.3. The lowest BCUT2D eigenvalue weighted by Crippen LogP contribution is -2.40. The van der Waals surface area contributed by atoms with Crippen molar-refractivity contribution in [2.24, 2.45) is 0 Å². The number of rotatable bonds is 7. The number of amides is 1. The third kappa shape index (κ3) is 6.15. The molecular weight excluding hydrogens is 460 g/mol. The van der Waals surface area contributed by atoms with Gasteiger partial charge >= 0.3 is 5.97 Å². The van der Waals surface area contributed by atoms with Crippen LogP contribution in [0.2, 0.25) is 0 Å². The van der Waals surface area contributed by atoms with Crippen molar-refractivity contribution in [3.05, 3.63) is 35.9 Å². The summed E-state index contributed by atoms with van der Waals surface area (Å²) in [6.45, 7) is 0.841. The van der Waals surface area contributed by atoms with Gasteiger partial charge in [0.1, 0.15) is 0 Å². The van der Waals surface area contributed by atoms with Crippen molar-refractivity contribution in [1.82, 2.24) is 9.21 Å². The van der Waals surface area contributed by atoms with Crippen LogP contribution >= 0.6 is 0 Å². The average Bonchev–Trinajstić information content (AvgIpc) is 3.16. The second-order valence-corrected chi connectivity index (χ2v) is 11.8. The Balaban J connectivity index is 1.50. The highest BCUT2D eigenvalue weighted by molar-refractivity contribution is 7.91. The van der Waals surface area contributed by atoms with Crippen molar-refractivity contribution in [3.8, 4) is 0 Å². The minimum absolute atomic E-state index is 0.0460. The van der Waals surface area contributed by atoms with Crippen molar-refractivity contribution in [1.29, 1.82) is 0 Å². The highest BCUT2D eigenvalue weighted by atomic mass is 32.2. The first-order chi connectivity index (χ1) is 15.1. The van der Waals surface area contributed by atoms with Crippen LogP contribution in [0.1, 0.15) is 12.0 Å². The molecule has 2 aliphatic heterocycles. The van der Waals surface area contributed by atoms with Gasteiger partial charge in [0.25, 0.3) is 5.91 Å². The number of morpholine rings is 1. The number of nitrogens with zero attached hydrogens (tertiary/aromatic N) is 2. The van der Waals surface area contributed by atoms with Crippen molar-refractivity contribution >= 4 is 37.8 Å². The Labute approximate surface area is 187 Å². The molecule has 1 atom stereocenters. The van der Waals surface area contributed by atoms with Crippen LogP contribution in [0.25, 0.3) is 6.08 Å². The molecule has 32 heavy (non-hydrogen) atoms. The number of sulfone groups is 1. The van der Waals surface area contributed by atoms with Crippen LogP contribution in [0.15, 0.2) is 35.2 Å². The van der Waals surface area contributed by atoms with Gasteiger partial charge in [-0.1, -0.05) is 12.1 Å². The summed E-state index contributed by atoms with van der Waals surface area (Å²) in [6.07, 6.45) is 2.96. The van der Waals surface area contributed by atoms with Gasteiger partial charge in [0.2, 0.25) is 10.0 Å². The summed E-state index contributed by atoms with van der Waals surface area (Å²) in [6, 6.07) is 5.65. The van der Waals surface area contributed by atoms with Gasteiger partial charge in [0.15, 0.2) is 16.4 Å². The van der Waals surface area contributed by atoms with E-state index in [-0.39, 0.29) is 16.4 Å².